The fourth-order valence-electron chi connectivity index (χ4n) is 1.02. The molecular weight excluding hydrogens is 136 g/mol. The molecule has 1 rings (SSSR count). The van der Waals surface area contributed by atoms with E-state index < -0.39 is 0 Å². The maximum absolute atomic E-state index is 5.41. The molecule has 0 atom stereocenters. The summed E-state index contributed by atoms with van der Waals surface area (Å²) in [7, 11) is 0. The number of rotatable bonds is 3. The van der Waals surface area contributed by atoms with Crippen LogP contribution >= 0.6 is 0 Å². The molecule has 0 amide bonds. The van der Waals surface area contributed by atoms with Gasteiger partial charge in [0.25, 0.3) is 0 Å². The lowest BCUT2D eigenvalue weighted by atomic mass is 10.2. The van der Waals surface area contributed by atoms with E-state index in [1.54, 1.807) is 0 Å². The third-order valence-electron chi connectivity index (χ3n) is 1.76. The van der Waals surface area contributed by atoms with Crippen LogP contribution in [0.1, 0.15) is 12.5 Å². The van der Waals surface area contributed by atoms with Crippen LogP contribution in [0.2, 0.25) is 0 Å². The van der Waals surface area contributed by atoms with Gasteiger partial charge in [-0.3, -0.25) is 0 Å². The van der Waals surface area contributed by atoms with Crippen molar-refractivity contribution in [2.75, 3.05) is 6.54 Å². The largest absolute Gasteiger partial charge is 0.325 e. The second kappa shape index (κ2) is 4.09. The van der Waals surface area contributed by atoms with Crippen molar-refractivity contribution in [1.82, 2.24) is 0 Å². The Balaban J connectivity index is 2.66. The minimum absolute atomic E-state index is 0.705. The van der Waals surface area contributed by atoms with E-state index in [-0.39, 0.29) is 0 Å². The topological polar surface area (TPSA) is 29.9 Å². The summed E-state index contributed by atoms with van der Waals surface area (Å²) in [5, 5.41) is 0. The highest BCUT2D eigenvalue weighted by Gasteiger charge is 1.96. The molecule has 0 aromatic carbocycles. The highest BCUT2D eigenvalue weighted by atomic mass is 14.9. The van der Waals surface area contributed by atoms with E-state index in [0.717, 1.165) is 13.0 Å². The van der Waals surface area contributed by atoms with Gasteiger partial charge in [0.05, 0.1) is 6.54 Å². The number of aromatic nitrogens is 1. The van der Waals surface area contributed by atoms with Gasteiger partial charge in [-0.25, -0.2) is 4.57 Å². The van der Waals surface area contributed by atoms with E-state index in [0.29, 0.717) is 6.54 Å². The van der Waals surface area contributed by atoms with Crippen molar-refractivity contribution in [3.8, 4) is 0 Å². The monoisotopic (exact) mass is 151 g/mol. The Bertz CT molecular complexity index is 203. The summed E-state index contributed by atoms with van der Waals surface area (Å²) in [6, 6.07) is 4.27. The van der Waals surface area contributed by atoms with Gasteiger partial charge in [-0.15, -0.1) is 0 Å². The van der Waals surface area contributed by atoms with E-state index in [2.05, 4.69) is 36.0 Å². The number of hydrogen-bond acceptors (Lipinski definition) is 1. The second-order valence-corrected chi connectivity index (χ2v) is 2.59. The van der Waals surface area contributed by atoms with Crippen LogP contribution in [-0.4, -0.2) is 6.54 Å². The van der Waals surface area contributed by atoms with Crippen molar-refractivity contribution in [2.24, 2.45) is 5.73 Å². The van der Waals surface area contributed by atoms with Crippen LogP contribution in [0.3, 0.4) is 0 Å². The maximum atomic E-state index is 5.41. The molecule has 1 heterocycles. The van der Waals surface area contributed by atoms with Crippen molar-refractivity contribution in [2.45, 2.75) is 19.9 Å². The van der Waals surface area contributed by atoms with Crippen LogP contribution in [0, 0.1) is 0 Å². The minimum atomic E-state index is 0.705. The van der Waals surface area contributed by atoms with E-state index >= 15 is 0 Å². The Morgan fingerprint density at radius 1 is 1.36 bits per heavy atom. The Labute approximate surface area is 67.7 Å². The first kappa shape index (κ1) is 8.21. The molecule has 1 aromatic rings. The van der Waals surface area contributed by atoms with Crippen LogP contribution in [0.25, 0.3) is 0 Å². The average Bonchev–Trinajstić information content (AvgIpc) is 2.07. The van der Waals surface area contributed by atoms with Crippen molar-refractivity contribution in [1.29, 1.82) is 0 Å². The van der Waals surface area contributed by atoms with Gasteiger partial charge in [0, 0.05) is 12.1 Å². The zero-order valence-corrected chi connectivity index (χ0v) is 6.96. The third kappa shape index (κ3) is 2.31. The maximum Gasteiger partial charge on any atom is 0.169 e. The molecule has 2 nitrogen and oxygen atoms in total. The fourth-order valence-corrected chi connectivity index (χ4v) is 1.02. The molecule has 0 bridgehead atoms. The Morgan fingerprint density at radius 3 is 2.45 bits per heavy atom. The van der Waals surface area contributed by atoms with E-state index in [1.807, 2.05) is 0 Å². The number of hydrogen-bond donors (Lipinski definition) is 1. The Kier molecular flexibility index (Phi) is 3.05. The summed E-state index contributed by atoms with van der Waals surface area (Å²) in [6.45, 7) is 3.77. The van der Waals surface area contributed by atoms with Gasteiger partial charge >= 0.3 is 0 Å². The molecule has 0 aliphatic heterocycles. The minimum Gasteiger partial charge on any atom is -0.325 e. The van der Waals surface area contributed by atoms with Gasteiger partial charge in [-0.05, 0) is 12.0 Å². The zero-order valence-electron chi connectivity index (χ0n) is 6.96. The van der Waals surface area contributed by atoms with E-state index in [1.165, 1.54) is 5.56 Å². The van der Waals surface area contributed by atoms with Gasteiger partial charge in [-0.2, -0.15) is 0 Å². The summed E-state index contributed by atoms with van der Waals surface area (Å²) in [5.74, 6) is 0. The molecule has 0 aliphatic carbocycles. The summed E-state index contributed by atoms with van der Waals surface area (Å²) in [4.78, 5) is 0. The standard InChI is InChI=1S/C9H15N2/c1-2-9-3-6-11(7-4-9)8-5-10/h3-4,6-7H,2,5,8,10H2,1H3/q+1. The predicted molar refractivity (Wildman–Crippen MR) is 45.1 cm³/mol. The molecule has 0 saturated heterocycles. The molecular formula is C9H15N2+. The molecule has 0 spiro atoms. The van der Waals surface area contributed by atoms with Gasteiger partial charge in [0.15, 0.2) is 18.9 Å². The van der Waals surface area contributed by atoms with Crippen LogP contribution in [-0.2, 0) is 13.0 Å². The molecule has 0 saturated carbocycles. The number of aryl methyl sites for hydroxylation is 1. The first-order chi connectivity index (χ1) is 5.36. The Morgan fingerprint density at radius 2 is 2.00 bits per heavy atom. The number of pyridine rings is 1. The average molecular weight is 151 g/mol. The number of nitrogens with two attached hydrogens (primary N) is 1. The van der Waals surface area contributed by atoms with E-state index in [9.17, 15) is 0 Å². The Hall–Kier alpha value is -0.890. The summed E-state index contributed by atoms with van der Waals surface area (Å²) in [6.07, 6.45) is 5.25. The molecule has 2 heteroatoms. The molecule has 0 radical (unpaired) electrons. The first-order valence-electron chi connectivity index (χ1n) is 4.05. The van der Waals surface area contributed by atoms with Crippen molar-refractivity contribution < 1.29 is 4.57 Å². The molecule has 11 heavy (non-hydrogen) atoms. The summed E-state index contributed by atoms with van der Waals surface area (Å²) < 4.78 is 2.10. The van der Waals surface area contributed by atoms with Crippen LogP contribution in [0.15, 0.2) is 24.5 Å². The quantitative estimate of drug-likeness (QED) is 0.626. The lowest BCUT2D eigenvalue weighted by molar-refractivity contribution is -0.694. The summed E-state index contributed by atoms with van der Waals surface area (Å²) >= 11 is 0. The van der Waals surface area contributed by atoms with Crippen LogP contribution < -0.4 is 10.3 Å². The second-order valence-electron chi connectivity index (χ2n) is 2.59. The smallest absolute Gasteiger partial charge is 0.169 e. The van der Waals surface area contributed by atoms with Gasteiger partial charge < -0.3 is 5.73 Å². The molecule has 2 N–H and O–H groups in total. The van der Waals surface area contributed by atoms with Gasteiger partial charge in [0.2, 0.25) is 0 Å². The van der Waals surface area contributed by atoms with Crippen molar-refractivity contribution >= 4 is 0 Å². The van der Waals surface area contributed by atoms with Crippen LogP contribution in [0.4, 0.5) is 0 Å². The third-order valence-corrected chi connectivity index (χ3v) is 1.76. The summed E-state index contributed by atoms with van der Waals surface area (Å²) in [5.41, 5.74) is 6.78. The number of nitrogens with zero attached hydrogens (tertiary/aromatic N) is 1. The molecule has 0 aliphatic rings. The lowest BCUT2D eigenvalue weighted by Gasteiger charge is -1.94. The highest BCUT2D eigenvalue weighted by molar-refractivity contribution is 5.06. The molecule has 1 aromatic heterocycles. The van der Waals surface area contributed by atoms with Gasteiger partial charge in [-0.1, -0.05) is 6.92 Å². The lowest BCUT2D eigenvalue weighted by Crippen LogP contribution is -2.36. The molecule has 0 fully saturated rings. The predicted octanol–water partition coefficient (Wildman–Crippen LogP) is 0.495. The van der Waals surface area contributed by atoms with Crippen LogP contribution in [0.5, 0.6) is 0 Å². The first-order valence-corrected chi connectivity index (χ1v) is 4.05. The van der Waals surface area contributed by atoms with Crippen molar-refractivity contribution in [3.63, 3.8) is 0 Å². The van der Waals surface area contributed by atoms with Gasteiger partial charge in [0.1, 0.15) is 0 Å². The zero-order chi connectivity index (χ0) is 8.10. The highest BCUT2D eigenvalue weighted by Crippen LogP contribution is 1.94. The fraction of sp³-hybridized carbons (Fsp3) is 0.444. The van der Waals surface area contributed by atoms with E-state index in [4.69, 9.17) is 5.73 Å². The SMILES string of the molecule is CCc1cc[n+](CCN)cc1. The molecule has 60 valence electrons. The van der Waals surface area contributed by atoms with Crippen molar-refractivity contribution in [3.05, 3.63) is 30.1 Å². The molecule has 0 unspecified atom stereocenters. The normalized spacial score (nSPS) is 10.0.